The summed E-state index contributed by atoms with van der Waals surface area (Å²) in [6.45, 7) is 8.64. The average Bonchev–Trinajstić information content (AvgIpc) is 3.06. The Morgan fingerprint density at radius 2 is 1.78 bits per heavy atom. The van der Waals surface area contributed by atoms with Gasteiger partial charge in [-0.2, -0.15) is 0 Å². The van der Waals surface area contributed by atoms with Gasteiger partial charge in [0.1, 0.15) is 0 Å². The van der Waals surface area contributed by atoms with Gasteiger partial charge in [-0.3, -0.25) is 4.18 Å². The molecule has 0 aromatic heterocycles. The SMILES string of the molecule is C[C@H](CO)CCC[C@@H](C)[C@H]1C[C@H](OS(=O)(=O)[O-])[C@H]2[C@@H]3C[C@@H](O)[C@@]4(O)C[C@@H](O)CC[C@]4(C)[C@H]3CC[C@@]21C. The van der Waals surface area contributed by atoms with E-state index in [9.17, 15) is 33.4 Å². The first kappa shape index (κ1) is 28.7. The lowest BCUT2D eigenvalue weighted by Gasteiger charge is -2.65. The number of rotatable bonds is 8. The molecule has 210 valence electrons. The molecule has 0 aliphatic heterocycles. The molecule has 4 aliphatic carbocycles. The summed E-state index contributed by atoms with van der Waals surface area (Å²) in [7, 11) is -4.90. The lowest BCUT2D eigenvalue weighted by molar-refractivity contribution is -0.267. The molecule has 4 saturated carbocycles. The molecule has 8 nitrogen and oxygen atoms in total. The number of aliphatic hydroxyl groups is 4. The standard InChI is InChI=1S/C27H48O8S/c1-16(15-28)6-5-7-17(2)21-13-22(35-36(32,33)34)24-19-12-23(30)27(31)14-18(29)8-11-26(27,4)20(19)9-10-25(21,24)3/h16-24,28-31H,5-15H2,1-4H3,(H,32,33,34)/p-1/t16-,17+,18-,19+,20-,21+,22-,23+,24+,25+,26+,27-/m0/s1. The fraction of sp³-hybridized carbons (Fsp3) is 1.00. The van der Waals surface area contributed by atoms with Crippen molar-refractivity contribution in [1.29, 1.82) is 0 Å². The minimum atomic E-state index is -4.90. The van der Waals surface area contributed by atoms with E-state index in [4.69, 9.17) is 4.18 Å². The monoisotopic (exact) mass is 531 g/mol. The third-order valence-corrected chi connectivity index (χ3v) is 11.9. The Hall–Kier alpha value is -0.290. The van der Waals surface area contributed by atoms with Gasteiger partial charge in [0.25, 0.3) is 0 Å². The van der Waals surface area contributed by atoms with Crippen molar-refractivity contribution >= 4 is 10.4 Å². The van der Waals surface area contributed by atoms with Gasteiger partial charge in [0.05, 0.1) is 23.9 Å². The van der Waals surface area contributed by atoms with E-state index in [1.807, 2.05) is 13.8 Å². The van der Waals surface area contributed by atoms with E-state index >= 15 is 0 Å². The minimum absolute atomic E-state index is 0.0522. The van der Waals surface area contributed by atoms with Crippen LogP contribution in [0.1, 0.15) is 91.9 Å². The maximum Gasteiger partial charge on any atom is 0.217 e. The molecule has 0 spiro atoms. The summed E-state index contributed by atoms with van der Waals surface area (Å²) in [5, 5.41) is 42.6. The molecular formula is C27H47O8S-. The Labute approximate surface area is 216 Å². The molecule has 9 heteroatoms. The largest absolute Gasteiger partial charge is 0.726 e. The van der Waals surface area contributed by atoms with Crippen LogP contribution in [-0.4, -0.2) is 63.9 Å². The Kier molecular flexibility index (Phi) is 8.00. The second-order valence-electron chi connectivity index (χ2n) is 13.4. The van der Waals surface area contributed by atoms with Crippen LogP contribution in [0, 0.1) is 46.3 Å². The number of aliphatic hydroxyl groups excluding tert-OH is 3. The minimum Gasteiger partial charge on any atom is -0.726 e. The van der Waals surface area contributed by atoms with Crippen molar-refractivity contribution in [3.8, 4) is 0 Å². The van der Waals surface area contributed by atoms with Gasteiger partial charge in [-0.25, -0.2) is 8.42 Å². The van der Waals surface area contributed by atoms with Crippen molar-refractivity contribution in [2.24, 2.45) is 46.3 Å². The summed E-state index contributed by atoms with van der Waals surface area (Å²) in [6.07, 6.45) is 4.31. The van der Waals surface area contributed by atoms with Gasteiger partial charge in [0.15, 0.2) is 0 Å². The van der Waals surface area contributed by atoms with E-state index < -0.39 is 39.7 Å². The molecule has 0 bridgehead atoms. The second kappa shape index (κ2) is 10.0. The highest BCUT2D eigenvalue weighted by molar-refractivity contribution is 7.80. The third kappa shape index (κ3) is 4.80. The molecule has 4 rings (SSSR count). The van der Waals surface area contributed by atoms with Gasteiger partial charge in [0, 0.05) is 18.4 Å². The van der Waals surface area contributed by atoms with Gasteiger partial charge in [-0.15, -0.1) is 0 Å². The van der Waals surface area contributed by atoms with Crippen molar-refractivity contribution < 1.29 is 37.6 Å². The molecule has 0 saturated heterocycles. The zero-order valence-corrected chi connectivity index (χ0v) is 23.1. The van der Waals surface area contributed by atoms with Crippen molar-refractivity contribution in [2.45, 2.75) is 116 Å². The molecule has 0 amide bonds. The Balaban J connectivity index is 1.64. The lowest BCUT2D eigenvalue weighted by Crippen LogP contribution is -2.69. The fourth-order valence-corrected chi connectivity index (χ4v) is 10.1. The predicted octanol–water partition coefficient (Wildman–Crippen LogP) is 2.98. The van der Waals surface area contributed by atoms with Gasteiger partial charge in [0.2, 0.25) is 10.4 Å². The van der Waals surface area contributed by atoms with Gasteiger partial charge < -0.3 is 25.0 Å². The van der Waals surface area contributed by atoms with Crippen LogP contribution in [0.2, 0.25) is 0 Å². The van der Waals surface area contributed by atoms with Crippen LogP contribution in [0.5, 0.6) is 0 Å². The molecule has 4 aliphatic rings. The normalized spacial score (nSPS) is 48.5. The number of fused-ring (bicyclic) bond motifs is 5. The summed E-state index contributed by atoms with van der Waals surface area (Å²) in [4.78, 5) is 0. The Morgan fingerprint density at radius 1 is 1.08 bits per heavy atom. The first-order chi connectivity index (χ1) is 16.7. The predicted molar refractivity (Wildman–Crippen MR) is 133 cm³/mol. The Morgan fingerprint density at radius 3 is 2.42 bits per heavy atom. The van der Waals surface area contributed by atoms with Crippen molar-refractivity contribution in [3.05, 3.63) is 0 Å². The first-order valence-electron chi connectivity index (χ1n) is 14.0. The van der Waals surface area contributed by atoms with Crippen LogP contribution in [0.15, 0.2) is 0 Å². The summed E-state index contributed by atoms with van der Waals surface area (Å²) in [5.74, 6) is 0.506. The third-order valence-electron chi connectivity index (χ3n) is 11.5. The van der Waals surface area contributed by atoms with Crippen LogP contribution in [0.4, 0.5) is 0 Å². The van der Waals surface area contributed by atoms with Crippen LogP contribution in [0.25, 0.3) is 0 Å². The van der Waals surface area contributed by atoms with Crippen molar-refractivity contribution in [3.63, 3.8) is 0 Å². The van der Waals surface area contributed by atoms with E-state index in [0.717, 1.165) is 32.1 Å². The molecule has 4 N–H and O–H groups in total. The zero-order chi connectivity index (χ0) is 26.7. The van der Waals surface area contributed by atoms with Gasteiger partial charge >= 0.3 is 0 Å². The summed E-state index contributed by atoms with van der Waals surface area (Å²) < 4.78 is 40.7. The van der Waals surface area contributed by atoms with Crippen LogP contribution >= 0.6 is 0 Å². The van der Waals surface area contributed by atoms with E-state index in [1.165, 1.54) is 0 Å². The molecule has 0 aromatic rings. The van der Waals surface area contributed by atoms with Gasteiger partial charge in [-0.05, 0) is 85.9 Å². The number of hydrogen-bond donors (Lipinski definition) is 4. The molecule has 36 heavy (non-hydrogen) atoms. The van der Waals surface area contributed by atoms with E-state index in [1.54, 1.807) is 0 Å². The van der Waals surface area contributed by atoms with Crippen molar-refractivity contribution in [1.82, 2.24) is 0 Å². The van der Waals surface area contributed by atoms with Crippen molar-refractivity contribution in [2.75, 3.05) is 6.61 Å². The summed E-state index contributed by atoms with van der Waals surface area (Å²) >= 11 is 0. The lowest BCUT2D eigenvalue weighted by atomic mass is 9.42. The molecular weight excluding hydrogens is 484 g/mol. The molecule has 0 aromatic carbocycles. The highest BCUT2D eigenvalue weighted by atomic mass is 32.3. The van der Waals surface area contributed by atoms with E-state index in [2.05, 4.69) is 13.8 Å². The highest BCUT2D eigenvalue weighted by Gasteiger charge is 2.69. The smallest absolute Gasteiger partial charge is 0.217 e. The maximum absolute atomic E-state index is 11.8. The van der Waals surface area contributed by atoms with Crippen LogP contribution < -0.4 is 0 Å². The molecule has 12 atom stereocenters. The van der Waals surface area contributed by atoms with E-state index in [-0.39, 0.29) is 48.0 Å². The topological polar surface area (TPSA) is 147 Å². The van der Waals surface area contributed by atoms with Crippen LogP contribution in [0.3, 0.4) is 0 Å². The van der Waals surface area contributed by atoms with Gasteiger partial charge in [-0.1, -0.05) is 40.5 Å². The molecule has 4 fully saturated rings. The second-order valence-corrected chi connectivity index (χ2v) is 14.4. The Bertz CT molecular complexity index is 896. The van der Waals surface area contributed by atoms with E-state index in [0.29, 0.717) is 31.6 Å². The maximum atomic E-state index is 11.8. The molecule has 0 radical (unpaired) electrons. The summed E-state index contributed by atoms with van der Waals surface area (Å²) in [5.41, 5.74) is -2.21. The average molecular weight is 532 g/mol. The summed E-state index contributed by atoms with van der Waals surface area (Å²) in [6, 6.07) is 0. The zero-order valence-electron chi connectivity index (χ0n) is 22.3. The number of hydrogen-bond acceptors (Lipinski definition) is 8. The highest BCUT2D eigenvalue weighted by Crippen LogP contribution is 2.69. The molecule has 0 heterocycles. The van der Waals surface area contributed by atoms with Crippen LogP contribution in [-0.2, 0) is 14.6 Å². The first-order valence-corrected chi connectivity index (χ1v) is 15.3. The quantitative estimate of drug-likeness (QED) is 0.276. The fourth-order valence-electron chi connectivity index (χ4n) is 9.55. The molecule has 0 unspecified atom stereocenters.